The van der Waals surface area contributed by atoms with Gasteiger partial charge in [-0.2, -0.15) is 0 Å². The van der Waals surface area contributed by atoms with Crippen LogP contribution in [0.2, 0.25) is 5.02 Å². The van der Waals surface area contributed by atoms with Crippen molar-refractivity contribution in [1.29, 1.82) is 0 Å². The highest BCUT2D eigenvalue weighted by atomic mass is 35.5. The number of para-hydroxylation sites is 1. The van der Waals surface area contributed by atoms with Crippen molar-refractivity contribution >= 4 is 17.5 Å². The van der Waals surface area contributed by atoms with Crippen LogP contribution in [-0.2, 0) is 4.79 Å². The van der Waals surface area contributed by atoms with Crippen molar-refractivity contribution in [1.82, 2.24) is 5.32 Å². The van der Waals surface area contributed by atoms with E-state index >= 15 is 0 Å². The molecule has 1 aromatic rings. The Labute approximate surface area is 113 Å². The Morgan fingerprint density at radius 3 is 2.56 bits per heavy atom. The first-order valence-corrected chi connectivity index (χ1v) is 6.67. The SMILES string of the molecule is CC[C@H](Oc1ccccc1Cl)C(=O)N[C@@H](C)CC. The second-order valence-electron chi connectivity index (χ2n) is 4.26. The van der Waals surface area contributed by atoms with E-state index in [-0.39, 0.29) is 11.9 Å². The number of amides is 1. The zero-order valence-corrected chi connectivity index (χ0v) is 11.8. The van der Waals surface area contributed by atoms with Gasteiger partial charge in [-0.25, -0.2) is 0 Å². The van der Waals surface area contributed by atoms with Crippen LogP contribution < -0.4 is 10.1 Å². The van der Waals surface area contributed by atoms with Crippen molar-refractivity contribution in [2.24, 2.45) is 0 Å². The Hall–Kier alpha value is -1.22. The molecule has 18 heavy (non-hydrogen) atoms. The molecule has 2 atom stereocenters. The third kappa shape index (κ3) is 4.22. The first-order valence-electron chi connectivity index (χ1n) is 6.30. The van der Waals surface area contributed by atoms with Gasteiger partial charge in [0.15, 0.2) is 6.10 Å². The van der Waals surface area contributed by atoms with Crippen LogP contribution in [0.3, 0.4) is 0 Å². The van der Waals surface area contributed by atoms with Gasteiger partial charge in [0.05, 0.1) is 5.02 Å². The molecule has 0 radical (unpaired) electrons. The van der Waals surface area contributed by atoms with Gasteiger partial charge < -0.3 is 10.1 Å². The summed E-state index contributed by atoms with van der Waals surface area (Å²) in [7, 11) is 0. The number of carbonyl (C=O) groups is 1. The predicted molar refractivity (Wildman–Crippen MR) is 74.1 cm³/mol. The molecule has 0 aliphatic carbocycles. The van der Waals surface area contributed by atoms with Gasteiger partial charge in [0.25, 0.3) is 5.91 Å². The maximum Gasteiger partial charge on any atom is 0.261 e. The van der Waals surface area contributed by atoms with Gasteiger partial charge in [-0.05, 0) is 31.9 Å². The Morgan fingerprint density at radius 2 is 2.00 bits per heavy atom. The lowest BCUT2D eigenvalue weighted by Gasteiger charge is -2.20. The molecule has 4 heteroatoms. The third-order valence-electron chi connectivity index (χ3n) is 2.77. The first kappa shape index (κ1) is 14.8. The molecule has 0 heterocycles. The molecule has 0 unspecified atom stereocenters. The molecule has 0 spiro atoms. The molecule has 0 saturated carbocycles. The fourth-order valence-corrected chi connectivity index (χ4v) is 1.63. The second-order valence-corrected chi connectivity index (χ2v) is 4.67. The summed E-state index contributed by atoms with van der Waals surface area (Å²) in [6, 6.07) is 7.33. The summed E-state index contributed by atoms with van der Waals surface area (Å²) < 4.78 is 5.66. The minimum absolute atomic E-state index is 0.0910. The van der Waals surface area contributed by atoms with Gasteiger partial charge in [0.1, 0.15) is 5.75 Å². The summed E-state index contributed by atoms with van der Waals surface area (Å²) in [5, 5.41) is 3.43. The molecule has 1 N–H and O–H groups in total. The summed E-state index contributed by atoms with van der Waals surface area (Å²) in [5.74, 6) is 0.456. The molecule has 0 saturated heterocycles. The normalized spacial score (nSPS) is 13.8. The summed E-state index contributed by atoms with van der Waals surface area (Å²) in [5.41, 5.74) is 0. The zero-order valence-electron chi connectivity index (χ0n) is 11.1. The Balaban J connectivity index is 2.67. The van der Waals surface area contributed by atoms with E-state index in [1.54, 1.807) is 12.1 Å². The minimum atomic E-state index is -0.501. The molecule has 0 fully saturated rings. The molecular weight excluding hydrogens is 250 g/mol. The lowest BCUT2D eigenvalue weighted by atomic mass is 10.2. The molecular formula is C14H20ClNO2. The van der Waals surface area contributed by atoms with Gasteiger partial charge in [0, 0.05) is 6.04 Å². The van der Waals surface area contributed by atoms with Crippen LogP contribution in [-0.4, -0.2) is 18.1 Å². The number of benzene rings is 1. The predicted octanol–water partition coefficient (Wildman–Crippen LogP) is 3.41. The van der Waals surface area contributed by atoms with Gasteiger partial charge in [-0.15, -0.1) is 0 Å². The fraction of sp³-hybridized carbons (Fsp3) is 0.500. The van der Waals surface area contributed by atoms with E-state index in [0.717, 1.165) is 6.42 Å². The van der Waals surface area contributed by atoms with Crippen LogP contribution in [0.15, 0.2) is 24.3 Å². The highest BCUT2D eigenvalue weighted by molar-refractivity contribution is 6.32. The molecule has 1 amide bonds. The van der Waals surface area contributed by atoms with Gasteiger partial charge in [-0.1, -0.05) is 37.6 Å². The first-order chi connectivity index (χ1) is 8.58. The Morgan fingerprint density at radius 1 is 1.33 bits per heavy atom. The third-order valence-corrected chi connectivity index (χ3v) is 3.08. The van der Waals surface area contributed by atoms with Gasteiger partial charge in [-0.3, -0.25) is 4.79 Å². The molecule has 0 bridgehead atoms. The molecule has 0 aliphatic heterocycles. The average Bonchev–Trinajstić information content (AvgIpc) is 2.37. The van der Waals surface area contributed by atoms with Crippen LogP contribution in [0.25, 0.3) is 0 Å². The smallest absolute Gasteiger partial charge is 0.261 e. The molecule has 1 aromatic carbocycles. The number of halogens is 1. The number of nitrogens with one attached hydrogen (secondary N) is 1. The maximum atomic E-state index is 12.0. The van der Waals surface area contributed by atoms with Crippen molar-refractivity contribution < 1.29 is 9.53 Å². The summed E-state index contributed by atoms with van der Waals surface area (Å²) in [6.07, 6.45) is 1.00. The van der Waals surface area contributed by atoms with Crippen LogP contribution in [0.4, 0.5) is 0 Å². The number of ether oxygens (including phenoxy) is 1. The molecule has 1 rings (SSSR count). The molecule has 3 nitrogen and oxygen atoms in total. The van der Waals surface area contributed by atoms with Crippen molar-refractivity contribution in [2.45, 2.75) is 45.8 Å². The summed E-state index contributed by atoms with van der Waals surface area (Å²) in [6.45, 7) is 5.92. The van der Waals surface area contributed by atoms with E-state index in [1.165, 1.54) is 0 Å². The monoisotopic (exact) mass is 269 g/mol. The number of hydrogen-bond donors (Lipinski definition) is 1. The van der Waals surface area contributed by atoms with E-state index in [9.17, 15) is 4.79 Å². The van der Waals surface area contributed by atoms with Crippen LogP contribution in [0.5, 0.6) is 5.75 Å². The number of rotatable bonds is 6. The van der Waals surface area contributed by atoms with Crippen molar-refractivity contribution in [2.75, 3.05) is 0 Å². The van der Waals surface area contributed by atoms with Crippen molar-refractivity contribution in [3.63, 3.8) is 0 Å². The number of carbonyl (C=O) groups excluding carboxylic acids is 1. The van der Waals surface area contributed by atoms with Crippen LogP contribution in [0, 0.1) is 0 Å². The standard InChI is InChI=1S/C14H20ClNO2/c1-4-10(3)16-14(17)12(5-2)18-13-9-7-6-8-11(13)15/h6-10,12H,4-5H2,1-3H3,(H,16,17)/t10-,12-/m0/s1. The lowest BCUT2D eigenvalue weighted by Crippen LogP contribution is -2.42. The quantitative estimate of drug-likeness (QED) is 0.859. The van der Waals surface area contributed by atoms with E-state index in [2.05, 4.69) is 5.32 Å². The molecule has 100 valence electrons. The Kier molecular flexibility index (Phi) is 5.99. The maximum absolute atomic E-state index is 12.0. The van der Waals surface area contributed by atoms with Gasteiger partial charge in [0.2, 0.25) is 0 Å². The van der Waals surface area contributed by atoms with Crippen molar-refractivity contribution in [3.05, 3.63) is 29.3 Å². The van der Waals surface area contributed by atoms with E-state index < -0.39 is 6.10 Å². The number of hydrogen-bond acceptors (Lipinski definition) is 2. The van der Waals surface area contributed by atoms with E-state index in [0.29, 0.717) is 17.2 Å². The summed E-state index contributed by atoms with van der Waals surface area (Å²) in [4.78, 5) is 12.0. The zero-order chi connectivity index (χ0) is 13.5. The summed E-state index contributed by atoms with van der Waals surface area (Å²) >= 11 is 6.01. The average molecular weight is 270 g/mol. The van der Waals surface area contributed by atoms with Crippen LogP contribution >= 0.6 is 11.6 Å². The van der Waals surface area contributed by atoms with E-state index in [4.69, 9.17) is 16.3 Å². The lowest BCUT2D eigenvalue weighted by molar-refractivity contribution is -0.128. The van der Waals surface area contributed by atoms with Crippen LogP contribution in [0.1, 0.15) is 33.6 Å². The highest BCUT2D eigenvalue weighted by Crippen LogP contribution is 2.24. The fourth-order valence-electron chi connectivity index (χ4n) is 1.45. The van der Waals surface area contributed by atoms with Gasteiger partial charge >= 0.3 is 0 Å². The van der Waals surface area contributed by atoms with E-state index in [1.807, 2.05) is 32.9 Å². The minimum Gasteiger partial charge on any atom is -0.479 e. The molecule has 0 aromatic heterocycles. The van der Waals surface area contributed by atoms with Crippen molar-refractivity contribution in [3.8, 4) is 5.75 Å². The second kappa shape index (κ2) is 7.27. The largest absolute Gasteiger partial charge is 0.479 e. The Bertz CT molecular complexity index is 395. The molecule has 0 aliphatic rings. The highest BCUT2D eigenvalue weighted by Gasteiger charge is 2.20. The topological polar surface area (TPSA) is 38.3 Å².